The van der Waals surface area contributed by atoms with Gasteiger partial charge in [0.1, 0.15) is 54.5 Å². The summed E-state index contributed by atoms with van der Waals surface area (Å²) in [6.45, 7) is -0.112. The van der Waals surface area contributed by atoms with E-state index < -0.39 is 112 Å². The van der Waals surface area contributed by atoms with Crippen molar-refractivity contribution >= 4 is 38.3 Å². The number of nitrogens with one attached hydrogen (secondary N) is 2. The molecule has 2 aliphatic rings. The average molecular weight is 706 g/mol. The summed E-state index contributed by atoms with van der Waals surface area (Å²) >= 11 is 0. The van der Waals surface area contributed by atoms with E-state index in [1.165, 1.54) is 0 Å². The van der Waals surface area contributed by atoms with Crippen LogP contribution >= 0.6 is 0 Å². The van der Waals surface area contributed by atoms with Crippen molar-refractivity contribution in [2.24, 2.45) is 0 Å². The first-order valence-corrected chi connectivity index (χ1v) is 15.7. The summed E-state index contributed by atoms with van der Waals surface area (Å²) in [5.74, 6) is -1.62. The number of aliphatic hydroxyl groups is 3. The van der Waals surface area contributed by atoms with Crippen molar-refractivity contribution in [2.75, 3.05) is 13.2 Å². The van der Waals surface area contributed by atoms with Crippen LogP contribution in [-0.4, -0.2) is 132 Å². The summed E-state index contributed by atoms with van der Waals surface area (Å²) in [7, 11) is -10.2. The van der Waals surface area contributed by atoms with Crippen molar-refractivity contribution in [1.29, 1.82) is 0 Å². The molecule has 10 atom stereocenters. The molecule has 24 heteroatoms. The Balaban J connectivity index is 1.98. The molecule has 2 saturated heterocycles. The highest BCUT2D eigenvalue weighted by molar-refractivity contribution is 7.81. The third kappa shape index (κ3) is 10.4. The monoisotopic (exact) mass is 705 g/mol. The van der Waals surface area contributed by atoms with Gasteiger partial charge in [0.2, 0.25) is 18.1 Å². The lowest BCUT2D eigenvalue weighted by molar-refractivity contribution is -0.384. The van der Waals surface area contributed by atoms with Crippen molar-refractivity contribution in [3.05, 3.63) is 34.4 Å². The first kappa shape index (κ1) is 37.3. The molecule has 0 aromatic heterocycles. The number of nitro benzene ring substituents is 1. The molecule has 0 bridgehead atoms. The highest BCUT2D eigenvalue weighted by atomic mass is 32.3. The third-order valence-electron chi connectivity index (χ3n) is 6.47. The fourth-order valence-corrected chi connectivity index (χ4v) is 5.14. The molecule has 2 heterocycles. The van der Waals surface area contributed by atoms with Crippen LogP contribution in [0, 0.1) is 10.1 Å². The summed E-state index contributed by atoms with van der Waals surface area (Å²) < 4.78 is 94.3. The molecule has 0 saturated carbocycles. The molecule has 0 radical (unpaired) electrons. The number of benzene rings is 1. The number of hydrogen-bond donors (Lipinski definition) is 7. The van der Waals surface area contributed by atoms with Crippen LogP contribution in [0.1, 0.15) is 13.8 Å². The number of aliphatic hydroxyl groups excluding tert-OH is 3. The lowest BCUT2D eigenvalue weighted by atomic mass is 9.94. The molecule has 2 aliphatic heterocycles. The first-order valence-electron chi connectivity index (χ1n) is 13.0. The largest absolute Gasteiger partial charge is 0.463 e. The van der Waals surface area contributed by atoms with E-state index in [1.807, 2.05) is 0 Å². The fraction of sp³-hybridized carbons (Fsp3) is 0.636. The third-order valence-corrected chi connectivity index (χ3v) is 7.34. The Morgan fingerprint density at radius 3 is 1.78 bits per heavy atom. The minimum absolute atomic E-state index is 0.0768. The summed E-state index contributed by atoms with van der Waals surface area (Å²) in [5, 5.41) is 48.1. The molecule has 0 spiro atoms. The molecule has 1 aromatic rings. The number of non-ortho nitro benzene ring substituents is 1. The van der Waals surface area contributed by atoms with Gasteiger partial charge in [0.25, 0.3) is 5.69 Å². The van der Waals surface area contributed by atoms with Gasteiger partial charge < -0.3 is 44.9 Å². The van der Waals surface area contributed by atoms with E-state index in [0.717, 1.165) is 38.1 Å². The normalized spacial score (nSPS) is 31.9. The summed E-state index contributed by atoms with van der Waals surface area (Å²) in [6.07, 6.45) is -14.8. The average Bonchev–Trinajstić information content (AvgIpc) is 2.93. The molecule has 2 amide bonds. The zero-order valence-corrected chi connectivity index (χ0v) is 25.3. The van der Waals surface area contributed by atoms with E-state index in [0.29, 0.717) is 0 Å². The van der Waals surface area contributed by atoms with E-state index >= 15 is 0 Å². The fourth-order valence-electron chi connectivity index (χ4n) is 4.53. The quantitative estimate of drug-likeness (QED) is 0.0595. The molecule has 0 aliphatic carbocycles. The van der Waals surface area contributed by atoms with Gasteiger partial charge >= 0.3 is 20.8 Å². The van der Waals surface area contributed by atoms with Crippen molar-refractivity contribution < 1.29 is 83.1 Å². The SMILES string of the molecule is CC(=O)N[C@H]1[C@H](Oc2ccc([N+](=O)[O-])cc2)O[C@H](COS(=O)(=O)O)[C@@H](O[C@@H]2O[C@H](COS(=O)(=O)O)[C@@H](O)[C@H](O)[C@H]2NC(C)=O)[C@@H]1O. The lowest BCUT2D eigenvalue weighted by Crippen LogP contribution is -2.69. The van der Waals surface area contributed by atoms with Crippen molar-refractivity contribution in [3.63, 3.8) is 0 Å². The number of ether oxygens (including phenoxy) is 4. The summed E-state index contributed by atoms with van der Waals surface area (Å²) in [4.78, 5) is 34.2. The molecule has 260 valence electrons. The Kier molecular flexibility index (Phi) is 12.3. The van der Waals surface area contributed by atoms with Gasteiger partial charge in [0.15, 0.2) is 6.29 Å². The number of nitrogens with zero attached hydrogens (tertiary/aromatic N) is 1. The topological polar surface area (TPSA) is 326 Å². The van der Waals surface area contributed by atoms with Gasteiger partial charge in [-0.25, -0.2) is 8.37 Å². The van der Waals surface area contributed by atoms with Gasteiger partial charge in [-0.3, -0.25) is 28.8 Å². The number of carbonyl (C=O) groups is 2. The standard InChI is InChI=1S/C22H31N3O19S2/c1-9(26)23-15-18(29)17(28)13(7-39-45(33,34)35)42-22(15)44-20-14(8-40-46(36,37)38)43-21(16(19(20)30)24-10(2)27)41-12-5-3-11(4-6-12)25(31)32/h3-6,13-22,28-30H,7-8H2,1-2H3,(H,23,26)(H,24,27)(H,33,34,35)(H,36,37,38)/t13-,14-,15-,16-,17-,18-,19-,20-,21-,22+/m1/s1. The van der Waals surface area contributed by atoms with E-state index in [1.54, 1.807) is 0 Å². The van der Waals surface area contributed by atoms with Crippen LogP contribution in [0.2, 0.25) is 0 Å². The van der Waals surface area contributed by atoms with Gasteiger partial charge in [-0.15, -0.1) is 0 Å². The van der Waals surface area contributed by atoms with Gasteiger partial charge in [-0.2, -0.15) is 16.8 Å². The second-order valence-electron chi connectivity index (χ2n) is 9.90. The Hall–Kier alpha value is -3.14. The van der Waals surface area contributed by atoms with Gasteiger partial charge in [0, 0.05) is 26.0 Å². The second-order valence-corrected chi connectivity index (χ2v) is 12.1. The summed E-state index contributed by atoms with van der Waals surface area (Å²) in [5.41, 5.74) is -0.308. The van der Waals surface area contributed by atoms with Crippen molar-refractivity contribution in [3.8, 4) is 5.75 Å². The maximum absolute atomic E-state index is 12.1. The minimum Gasteiger partial charge on any atom is -0.463 e. The maximum atomic E-state index is 12.1. The lowest BCUT2D eigenvalue weighted by Gasteiger charge is -2.48. The first-order chi connectivity index (χ1) is 21.3. The molecule has 0 unspecified atom stereocenters. The van der Waals surface area contributed by atoms with Crippen LogP contribution in [0.15, 0.2) is 24.3 Å². The predicted octanol–water partition coefficient (Wildman–Crippen LogP) is -3.46. The number of carbonyl (C=O) groups excluding carboxylic acids is 2. The van der Waals surface area contributed by atoms with E-state index in [4.69, 9.17) is 28.1 Å². The Bertz CT molecular complexity index is 1460. The zero-order chi connectivity index (χ0) is 34.6. The number of rotatable bonds is 13. The Labute approximate surface area is 260 Å². The smallest absolute Gasteiger partial charge is 0.397 e. The van der Waals surface area contributed by atoms with Crippen LogP contribution in [0.3, 0.4) is 0 Å². The molecular formula is C22H31N3O19S2. The van der Waals surface area contributed by atoms with Crippen molar-refractivity contribution in [1.82, 2.24) is 10.6 Å². The van der Waals surface area contributed by atoms with Crippen LogP contribution in [0.25, 0.3) is 0 Å². The Morgan fingerprint density at radius 1 is 0.826 bits per heavy atom. The zero-order valence-electron chi connectivity index (χ0n) is 23.7. The predicted molar refractivity (Wildman–Crippen MR) is 144 cm³/mol. The molecule has 46 heavy (non-hydrogen) atoms. The van der Waals surface area contributed by atoms with Gasteiger partial charge in [0.05, 0.1) is 18.1 Å². The van der Waals surface area contributed by atoms with E-state index in [-0.39, 0.29) is 11.4 Å². The van der Waals surface area contributed by atoms with Crippen LogP contribution in [-0.2, 0) is 53.0 Å². The molecule has 3 rings (SSSR count). The second kappa shape index (κ2) is 15.2. The van der Waals surface area contributed by atoms with Crippen LogP contribution in [0.4, 0.5) is 5.69 Å². The summed E-state index contributed by atoms with van der Waals surface area (Å²) in [6, 6.07) is 1.23. The van der Waals surface area contributed by atoms with Gasteiger partial charge in [-0.1, -0.05) is 0 Å². The molecule has 2 fully saturated rings. The highest BCUT2D eigenvalue weighted by Gasteiger charge is 2.53. The maximum Gasteiger partial charge on any atom is 0.397 e. The molecule has 7 N–H and O–H groups in total. The number of hydrogen-bond acceptors (Lipinski definition) is 17. The van der Waals surface area contributed by atoms with E-state index in [2.05, 4.69) is 19.0 Å². The van der Waals surface area contributed by atoms with Crippen LogP contribution in [0.5, 0.6) is 5.75 Å². The van der Waals surface area contributed by atoms with Crippen molar-refractivity contribution in [2.45, 2.75) is 75.1 Å². The van der Waals surface area contributed by atoms with E-state index in [9.17, 15) is 51.9 Å². The molecule has 22 nitrogen and oxygen atoms in total. The Morgan fingerprint density at radius 2 is 1.30 bits per heavy atom. The molecule has 1 aromatic carbocycles. The molecular weight excluding hydrogens is 674 g/mol. The number of amides is 2. The highest BCUT2D eigenvalue weighted by Crippen LogP contribution is 2.31. The minimum atomic E-state index is -5.14. The van der Waals surface area contributed by atoms with Crippen LogP contribution < -0.4 is 15.4 Å². The number of nitro groups is 1. The van der Waals surface area contributed by atoms with Gasteiger partial charge in [-0.05, 0) is 12.1 Å².